The molecule has 1 aliphatic rings. The van der Waals surface area contributed by atoms with E-state index in [0.717, 1.165) is 49.9 Å². The fourth-order valence-corrected chi connectivity index (χ4v) is 3.07. The van der Waals surface area contributed by atoms with Crippen LogP contribution < -0.4 is 10.2 Å². The fourth-order valence-electron chi connectivity index (χ4n) is 2.73. The van der Waals surface area contributed by atoms with Gasteiger partial charge in [0.25, 0.3) is 0 Å². The fraction of sp³-hybridized carbons (Fsp3) is 0.600. The molecule has 1 saturated heterocycles. The second-order valence-electron chi connectivity index (χ2n) is 5.21. The molecule has 0 unspecified atom stereocenters. The van der Waals surface area contributed by atoms with E-state index in [4.69, 9.17) is 16.3 Å². The summed E-state index contributed by atoms with van der Waals surface area (Å²) in [5.41, 5.74) is 2.41. The van der Waals surface area contributed by atoms with E-state index in [9.17, 15) is 0 Å². The van der Waals surface area contributed by atoms with Gasteiger partial charge in [0.2, 0.25) is 0 Å². The number of hydrogen-bond donors (Lipinski definition) is 1. The molecule has 1 fully saturated rings. The van der Waals surface area contributed by atoms with Crippen molar-refractivity contribution >= 4 is 17.3 Å². The van der Waals surface area contributed by atoms with Crippen LogP contribution >= 0.6 is 11.6 Å². The number of anilines is 1. The Hall–Kier alpha value is -0.770. The van der Waals surface area contributed by atoms with Gasteiger partial charge >= 0.3 is 0 Å². The van der Waals surface area contributed by atoms with Crippen molar-refractivity contribution in [1.29, 1.82) is 0 Å². The van der Waals surface area contributed by atoms with Gasteiger partial charge in [-0.3, -0.25) is 0 Å². The maximum absolute atomic E-state index is 6.38. The molecule has 106 valence electrons. The van der Waals surface area contributed by atoms with Gasteiger partial charge in [0, 0.05) is 33.4 Å². The molecule has 1 N–H and O–H groups in total. The molecule has 2 rings (SSSR count). The molecule has 1 heterocycles. The molecule has 0 amide bonds. The van der Waals surface area contributed by atoms with Gasteiger partial charge in [0.15, 0.2) is 0 Å². The zero-order valence-electron chi connectivity index (χ0n) is 11.8. The second-order valence-corrected chi connectivity index (χ2v) is 5.62. The number of nitrogens with zero attached hydrogens (tertiary/aromatic N) is 1. The van der Waals surface area contributed by atoms with E-state index in [1.165, 1.54) is 5.56 Å². The summed E-state index contributed by atoms with van der Waals surface area (Å²) in [7, 11) is 4.10. The summed E-state index contributed by atoms with van der Waals surface area (Å²) in [4.78, 5) is 2.30. The molecule has 0 bridgehead atoms. The smallest absolute Gasteiger partial charge is 0.0642 e. The van der Waals surface area contributed by atoms with Crippen LogP contribution in [0.5, 0.6) is 0 Å². The van der Waals surface area contributed by atoms with Crippen molar-refractivity contribution in [2.75, 3.05) is 38.8 Å². The van der Waals surface area contributed by atoms with E-state index in [0.29, 0.717) is 5.92 Å². The summed E-state index contributed by atoms with van der Waals surface area (Å²) in [5.74, 6) is 0.706. The Kier molecular flexibility index (Phi) is 5.49. The van der Waals surface area contributed by atoms with Crippen molar-refractivity contribution < 1.29 is 4.74 Å². The van der Waals surface area contributed by atoms with E-state index in [-0.39, 0.29) is 0 Å². The summed E-state index contributed by atoms with van der Waals surface area (Å²) in [6.45, 7) is 3.67. The van der Waals surface area contributed by atoms with Crippen molar-refractivity contribution in [3.05, 3.63) is 28.8 Å². The summed E-state index contributed by atoms with van der Waals surface area (Å²) < 4.78 is 5.42. The van der Waals surface area contributed by atoms with Gasteiger partial charge in [-0.1, -0.05) is 23.7 Å². The summed E-state index contributed by atoms with van der Waals surface area (Å²) in [5, 5.41) is 4.04. The molecule has 1 aliphatic heterocycles. The Bertz CT molecular complexity index is 405. The molecule has 1 aromatic rings. The van der Waals surface area contributed by atoms with Crippen LogP contribution in [0.2, 0.25) is 5.02 Å². The first-order valence-electron chi connectivity index (χ1n) is 6.93. The van der Waals surface area contributed by atoms with Crippen LogP contribution in [-0.4, -0.2) is 33.9 Å². The quantitative estimate of drug-likeness (QED) is 0.899. The first-order chi connectivity index (χ1) is 9.22. The SMILES string of the molecule is CNCc1cccc(Cl)c1N(C)CC1CCOCC1. The van der Waals surface area contributed by atoms with Crippen molar-refractivity contribution in [2.45, 2.75) is 19.4 Å². The lowest BCUT2D eigenvalue weighted by atomic mass is 9.99. The zero-order chi connectivity index (χ0) is 13.7. The normalized spacial score (nSPS) is 16.6. The predicted octanol–water partition coefficient (Wildman–Crippen LogP) is 2.92. The third-order valence-electron chi connectivity index (χ3n) is 3.69. The largest absolute Gasteiger partial charge is 0.381 e. The maximum atomic E-state index is 6.38. The van der Waals surface area contributed by atoms with Gasteiger partial charge < -0.3 is 15.0 Å². The Balaban J connectivity index is 2.10. The van der Waals surface area contributed by atoms with Gasteiger partial charge in [-0.25, -0.2) is 0 Å². The molecule has 0 atom stereocenters. The highest BCUT2D eigenvalue weighted by Crippen LogP contribution is 2.30. The number of hydrogen-bond acceptors (Lipinski definition) is 3. The van der Waals surface area contributed by atoms with Gasteiger partial charge in [0.05, 0.1) is 10.7 Å². The third-order valence-corrected chi connectivity index (χ3v) is 4.00. The van der Waals surface area contributed by atoms with Crippen LogP contribution in [0.25, 0.3) is 0 Å². The van der Waals surface area contributed by atoms with Crippen molar-refractivity contribution in [1.82, 2.24) is 5.32 Å². The van der Waals surface area contributed by atoms with Crippen molar-refractivity contribution in [3.8, 4) is 0 Å². The van der Waals surface area contributed by atoms with E-state index in [1.807, 2.05) is 19.2 Å². The van der Waals surface area contributed by atoms with Crippen molar-refractivity contribution in [3.63, 3.8) is 0 Å². The van der Waals surface area contributed by atoms with Crippen molar-refractivity contribution in [2.24, 2.45) is 5.92 Å². The molecule has 3 nitrogen and oxygen atoms in total. The van der Waals surface area contributed by atoms with E-state index >= 15 is 0 Å². The lowest BCUT2D eigenvalue weighted by Gasteiger charge is -2.30. The van der Waals surface area contributed by atoms with Gasteiger partial charge in [0.1, 0.15) is 0 Å². The lowest BCUT2D eigenvalue weighted by Crippen LogP contribution is -2.30. The first kappa shape index (κ1) is 14.6. The van der Waals surface area contributed by atoms with Crippen LogP contribution in [0.3, 0.4) is 0 Å². The molecule has 19 heavy (non-hydrogen) atoms. The molecular formula is C15H23ClN2O. The number of para-hydroxylation sites is 1. The highest BCUT2D eigenvalue weighted by Gasteiger charge is 2.18. The summed E-state index contributed by atoms with van der Waals surface area (Å²) in [6, 6.07) is 6.12. The average molecular weight is 283 g/mol. The topological polar surface area (TPSA) is 24.5 Å². The maximum Gasteiger partial charge on any atom is 0.0642 e. The number of benzene rings is 1. The molecule has 4 heteroatoms. The summed E-state index contributed by atoms with van der Waals surface area (Å²) >= 11 is 6.38. The number of ether oxygens (including phenoxy) is 1. The van der Waals surface area contributed by atoms with Gasteiger partial charge in [-0.05, 0) is 37.4 Å². The predicted molar refractivity (Wildman–Crippen MR) is 81.0 cm³/mol. The van der Waals surface area contributed by atoms with E-state index < -0.39 is 0 Å². The van der Waals surface area contributed by atoms with Crippen LogP contribution in [0, 0.1) is 5.92 Å². The van der Waals surface area contributed by atoms with Gasteiger partial charge in [-0.15, -0.1) is 0 Å². The standard InChI is InChI=1S/C15H23ClN2O/c1-17-10-13-4-3-5-14(16)15(13)18(2)11-12-6-8-19-9-7-12/h3-5,12,17H,6-11H2,1-2H3. The van der Waals surface area contributed by atoms with Gasteiger partial charge in [-0.2, -0.15) is 0 Å². The minimum atomic E-state index is 0.706. The molecule has 0 saturated carbocycles. The number of nitrogens with one attached hydrogen (secondary N) is 1. The minimum Gasteiger partial charge on any atom is -0.381 e. The Labute approximate surface area is 120 Å². The molecule has 0 radical (unpaired) electrons. The van der Waals surface area contributed by atoms with Crippen LogP contribution in [0.15, 0.2) is 18.2 Å². The van der Waals surface area contributed by atoms with E-state index in [2.05, 4.69) is 23.3 Å². The zero-order valence-corrected chi connectivity index (χ0v) is 12.5. The van der Waals surface area contributed by atoms with Crippen LogP contribution in [0.1, 0.15) is 18.4 Å². The Morgan fingerprint density at radius 2 is 2.11 bits per heavy atom. The minimum absolute atomic E-state index is 0.706. The molecule has 1 aromatic carbocycles. The Morgan fingerprint density at radius 3 is 2.79 bits per heavy atom. The lowest BCUT2D eigenvalue weighted by molar-refractivity contribution is 0.0685. The Morgan fingerprint density at radius 1 is 1.37 bits per heavy atom. The average Bonchev–Trinajstić information content (AvgIpc) is 2.40. The first-order valence-corrected chi connectivity index (χ1v) is 7.31. The molecule has 0 spiro atoms. The monoisotopic (exact) mass is 282 g/mol. The third kappa shape index (κ3) is 3.85. The highest BCUT2D eigenvalue weighted by atomic mass is 35.5. The van der Waals surface area contributed by atoms with Crippen LogP contribution in [-0.2, 0) is 11.3 Å². The second kappa shape index (κ2) is 7.13. The molecular weight excluding hydrogens is 260 g/mol. The molecule has 0 aromatic heterocycles. The number of halogens is 1. The summed E-state index contributed by atoms with van der Waals surface area (Å²) in [6.07, 6.45) is 2.30. The molecule has 0 aliphatic carbocycles. The van der Waals surface area contributed by atoms with Crippen LogP contribution in [0.4, 0.5) is 5.69 Å². The number of rotatable bonds is 5. The van der Waals surface area contributed by atoms with E-state index in [1.54, 1.807) is 0 Å². The highest BCUT2D eigenvalue weighted by molar-refractivity contribution is 6.33.